The maximum atomic E-state index is 4.94. The highest BCUT2D eigenvalue weighted by molar-refractivity contribution is 9.10. The zero-order valence-corrected chi connectivity index (χ0v) is 18.5. The largest absolute Gasteiger partial charge is 0.367 e. The van der Waals surface area contributed by atoms with E-state index in [-0.39, 0.29) is 11.1 Å². The summed E-state index contributed by atoms with van der Waals surface area (Å²) < 4.78 is 1.03. The van der Waals surface area contributed by atoms with Gasteiger partial charge in [0.15, 0.2) is 5.82 Å². The van der Waals surface area contributed by atoms with Crippen molar-refractivity contribution < 1.29 is 0 Å². The predicted octanol–water partition coefficient (Wildman–Crippen LogP) is 5.78. The Morgan fingerprint density at radius 2 is 1.64 bits per heavy atom. The molecule has 28 heavy (non-hydrogen) atoms. The van der Waals surface area contributed by atoms with Crippen molar-refractivity contribution in [2.75, 3.05) is 5.32 Å². The molecule has 4 nitrogen and oxygen atoms in total. The second-order valence-electron chi connectivity index (χ2n) is 9.07. The van der Waals surface area contributed by atoms with E-state index in [9.17, 15) is 0 Å². The van der Waals surface area contributed by atoms with Gasteiger partial charge in [0.05, 0.1) is 5.52 Å². The Balaban J connectivity index is 1.77. The third-order valence-electron chi connectivity index (χ3n) is 5.22. The van der Waals surface area contributed by atoms with Crippen LogP contribution in [0.1, 0.15) is 40.5 Å². The fraction of sp³-hybridized carbons (Fsp3) is 0.391. The summed E-state index contributed by atoms with van der Waals surface area (Å²) in [6, 6.07) is 16.7. The minimum atomic E-state index is 0.0745. The fourth-order valence-electron chi connectivity index (χ4n) is 4.54. The van der Waals surface area contributed by atoms with Crippen LogP contribution in [-0.4, -0.2) is 27.1 Å². The molecule has 0 spiro atoms. The van der Waals surface area contributed by atoms with Crippen molar-refractivity contribution in [1.29, 1.82) is 0 Å². The van der Waals surface area contributed by atoms with Gasteiger partial charge in [0.25, 0.3) is 0 Å². The summed E-state index contributed by atoms with van der Waals surface area (Å²) in [5.41, 5.74) is 2.13. The van der Waals surface area contributed by atoms with E-state index in [1.807, 2.05) is 24.3 Å². The Hall–Kier alpha value is -1.98. The van der Waals surface area contributed by atoms with Crippen LogP contribution in [0, 0.1) is 0 Å². The topological polar surface area (TPSA) is 49.8 Å². The molecule has 0 saturated carbocycles. The van der Waals surface area contributed by atoms with Crippen molar-refractivity contribution in [3.05, 3.63) is 53.0 Å². The van der Waals surface area contributed by atoms with Crippen LogP contribution in [0.3, 0.4) is 0 Å². The Morgan fingerprint density at radius 1 is 0.964 bits per heavy atom. The third-order valence-corrected chi connectivity index (χ3v) is 5.71. The van der Waals surface area contributed by atoms with E-state index in [2.05, 4.69) is 78.5 Å². The van der Waals surface area contributed by atoms with Gasteiger partial charge in [-0.2, -0.15) is 0 Å². The molecule has 146 valence electrons. The second-order valence-corrected chi connectivity index (χ2v) is 9.98. The maximum Gasteiger partial charge on any atom is 0.162 e. The van der Waals surface area contributed by atoms with E-state index < -0.39 is 0 Å². The van der Waals surface area contributed by atoms with Gasteiger partial charge in [-0.3, -0.25) is 0 Å². The van der Waals surface area contributed by atoms with Crippen molar-refractivity contribution in [2.45, 2.75) is 57.7 Å². The minimum absolute atomic E-state index is 0.0745. The Morgan fingerprint density at radius 3 is 2.32 bits per heavy atom. The number of nitrogens with zero attached hydrogens (tertiary/aromatic N) is 2. The Labute approximate surface area is 175 Å². The van der Waals surface area contributed by atoms with Gasteiger partial charge < -0.3 is 10.6 Å². The van der Waals surface area contributed by atoms with E-state index in [1.165, 1.54) is 0 Å². The number of anilines is 1. The molecular weight excluding hydrogens is 412 g/mol. The molecule has 1 aromatic heterocycles. The average Bonchev–Trinajstić information content (AvgIpc) is 2.60. The van der Waals surface area contributed by atoms with Crippen LogP contribution in [0.15, 0.2) is 53.0 Å². The quantitative estimate of drug-likeness (QED) is 0.543. The Kier molecular flexibility index (Phi) is 4.92. The van der Waals surface area contributed by atoms with Crippen LogP contribution in [0.25, 0.3) is 22.3 Å². The molecular formula is C23H27BrN4. The van der Waals surface area contributed by atoms with Gasteiger partial charge in [0.1, 0.15) is 5.82 Å². The van der Waals surface area contributed by atoms with Gasteiger partial charge in [-0.25, -0.2) is 9.97 Å². The van der Waals surface area contributed by atoms with Crippen LogP contribution >= 0.6 is 15.9 Å². The van der Waals surface area contributed by atoms with Gasteiger partial charge in [-0.15, -0.1) is 0 Å². The first kappa shape index (κ1) is 19.3. The lowest BCUT2D eigenvalue weighted by Crippen LogP contribution is -2.60. The van der Waals surface area contributed by atoms with E-state index in [1.54, 1.807) is 0 Å². The minimum Gasteiger partial charge on any atom is -0.367 e. The normalized spacial score (nSPS) is 18.9. The number of piperidine rings is 1. The third kappa shape index (κ3) is 4.20. The lowest BCUT2D eigenvalue weighted by Gasteiger charge is -2.46. The van der Waals surface area contributed by atoms with E-state index in [4.69, 9.17) is 9.97 Å². The second kappa shape index (κ2) is 7.12. The van der Waals surface area contributed by atoms with Gasteiger partial charge >= 0.3 is 0 Å². The summed E-state index contributed by atoms with van der Waals surface area (Å²) in [6.45, 7) is 9.08. The molecule has 0 aliphatic carbocycles. The fourth-order valence-corrected chi connectivity index (χ4v) is 4.91. The zero-order valence-electron chi connectivity index (χ0n) is 16.9. The summed E-state index contributed by atoms with van der Waals surface area (Å²) in [4.78, 5) is 9.75. The first-order valence-corrected chi connectivity index (χ1v) is 10.6. The molecule has 0 bridgehead atoms. The first-order chi connectivity index (χ1) is 13.2. The Bertz CT molecular complexity index is 982. The number of hydrogen-bond donors (Lipinski definition) is 2. The van der Waals surface area contributed by atoms with E-state index in [0.717, 1.165) is 45.4 Å². The van der Waals surface area contributed by atoms with Crippen LogP contribution in [0.5, 0.6) is 0 Å². The molecule has 1 aliphatic rings. The SMILES string of the molecule is CC1(C)CC(Nc2nc(-c3ccccc3)nc3ccc(Br)cc23)CC(C)(C)N1. The van der Waals surface area contributed by atoms with E-state index in [0.29, 0.717) is 6.04 Å². The monoisotopic (exact) mass is 438 g/mol. The van der Waals surface area contributed by atoms with Crippen molar-refractivity contribution in [1.82, 2.24) is 15.3 Å². The molecule has 2 heterocycles. The molecule has 1 saturated heterocycles. The molecule has 0 amide bonds. The van der Waals surface area contributed by atoms with Crippen LogP contribution < -0.4 is 10.6 Å². The standard InChI is InChI=1S/C23H27BrN4/c1-22(2)13-17(14-23(3,4)28-22)25-21-18-12-16(24)10-11-19(18)26-20(27-21)15-8-6-5-7-9-15/h5-12,17,28H,13-14H2,1-4H3,(H,25,26,27). The number of hydrogen-bond acceptors (Lipinski definition) is 4. The summed E-state index contributed by atoms with van der Waals surface area (Å²) >= 11 is 3.60. The number of benzene rings is 2. The van der Waals surface area contributed by atoms with Crippen LogP contribution in [-0.2, 0) is 0 Å². The summed E-state index contributed by atoms with van der Waals surface area (Å²) in [6.07, 6.45) is 2.08. The van der Waals surface area contributed by atoms with Crippen molar-refractivity contribution in [3.63, 3.8) is 0 Å². The molecule has 5 heteroatoms. The molecule has 4 rings (SSSR count). The molecule has 3 aromatic rings. The van der Waals surface area contributed by atoms with Gasteiger partial charge in [-0.1, -0.05) is 46.3 Å². The lowest BCUT2D eigenvalue weighted by atomic mass is 9.79. The van der Waals surface area contributed by atoms with Crippen molar-refractivity contribution in [3.8, 4) is 11.4 Å². The van der Waals surface area contributed by atoms with Crippen LogP contribution in [0.2, 0.25) is 0 Å². The predicted molar refractivity (Wildman–Crippen MR) is 121 cm³/mol. The molecule has 0 atom stereocenters. The van der Waals surface area contributed by atoms with E-state index >= 15 is 0 Å². The number of fused-ring (bicyclic) bond motifs is 1. The highest BCUT2D eigenvalue weighted by atomic mass is 79.9. The highest BCUT2D eigenvalue weighted by Crippen LogP contribution is 2.33. The van der Waals surface area contributed by atoms with Gasteiger partial charge in [0.2, 0.25) is 0 Å². The number of nitrogens with one attached hydrogen (secondary N) is 2. The first-order valence-electron chi connectivity index (χ1n) is 9.79. The van der Waals surface area contributed by atoms with Crippen LogP contribution in [0.4, 0.5) is 5.82 Å². The molecule has 0 radical (unpaired) electrons. The maximum absolute atomic E-state index is 4.94. The summed E-state index contributed by atoms with van der Waals surface area (Å²) in [7, 11) is 0. The summed E-state index contributed by atoms with van der Waals surface area (Å²) in [5.74, 6) is 1.66. The van der Waals surface area contributed by atoms with Crippen molar-refractivity contribution in [2.24, 2.45) is 0 Å². The molecule has 2 N–H and O–H groups in total. The van der Waals surface area contributed by atoms with Crippen molar-refractivity contribution >= 4 is 32.7 Å². The number of aromatic nitrogens is 2. The van der Waals surface area contributed by atoms with Gasteiger partial charge in [-0.05, 0) is 58.7 Å². The summed E-state index contributed by atoms with van der Waals surface area (Å²) in [5, 5.41) is 8.56. The lowest BCUT2D eigenvalue weighted by molar-refractivity contribution is 0.170. The van der Waals surface area contributed by atoms with Gasteiger partial charge in [0, 0.05) is 32.5 Å². The molecule has 2 aromatic carbocycles. The highest BCUT2D eigenvalue weighted by Gasteiger charge is 2.37. The molecule has 1 fully saturated rings. The zero-order chi connectivity index (χ0) is 19.9. The smallest absolute Gasteiger partial charge is 0.162 e. The molecule has 1 aliphatic heterocycles. The average molecular weight is 439 g/mol. The number of halogens is 1. The molecule has 0 unspecified atom stereocenters. The number of rotatable bonds is 3.